The molecule has 6 nitrogen and oxygen atoms in total. The number of hydrogen-bond donors (Lipinski definition) is 0. The Hall–Kier alpha value is -2.63. The maximum Gasteiger partial charge on any atom is 0.306 e. The van der Waals surface area contributed by atoms with Gasteiger partial charge in [0, 0.05) is 19.3 Å². The minimum atomic E-state index is -0.765. The van der Waals surface area contributed by atoms with E-state index in [4.69, 9.17) is 14.2 Å². The van der Waals surface area contributed by atoms with Crippen molar-refractivity contribution in [1.82, 2.24) is 0 Å². The SMILES string of the molecule is CC/C=C\C/C=C\C/C=C\C/C=C\CCCCCCCCCCCCCCCCCCC(=O)OCC(COC(=O)CCCCCCCCC)OC(=O)CCCCCCCCCCCCCCC. The molecule has 0 saturated heterocycles. The first-order chi connectivity index (χ1) is 33.0. The molecule has 0 aliphatic carbocycles. The van der Waals surface area contributed by atoms with Crippen LogP contribution in [-0.4, -0.2) is 37.2 Å². The third-order valence-corrected chi connectivity index (χ3v) is 12.8. The van der Waals surface area contributed by atoms with Crippen molar-refractivity contribution in [3.05, 3.63) is 48.6 Å². The molecular formula is C61H110O6. The molecule has 0 aromatic rings. The minimum absolute atomic E-state index is 0.0678. The zero-order chi connectivity index (χ0) is 48.6. The van der Waals surface area contributed by atoms with Crippen LogP contribution in [0.4, 0.5) is 0 Å². The number of unbranched alkanes of at least 4 members (excludes halogenated alkanes) is 34. The number of ether oxygens (including phenoxy) is 3. The predicted octanol–water partition coefficient (Wildman–Crippen LogP) is 19.4. The van der Waals surface area contributed by atoms with E-state index in [0.717, 1.165) is 83.5 Å². The Morgan fingerprint density at radius 3 is 0.910 bits per heavy atom. The van der Waals surface area contributed by atoms with Crippen LogP contribution in [0.5, 0.6) is 0 Å². The average molecular weight is 940 g/mol. The van der Waals surface area contributed by atoms with Crippen LogP contribution in [0.15, 0.2) is 48.6 Å². The van der Waals surface area contributed by atoms with E-state index in [-0.39, 0.29) is 31.1 Å². The summed E-state index contributed by atoms with van der Waals surface area (Å²) in [6.07, 6.45) is 68.5. The molecule has 0 aliphatic heterocycles. The van der Waals surface area contributed by atoms with Crippen molar-refractivity contribution >= 4 is 17.9 Å². The van der Waals surface area contributed by atoms with Gasteiger partial charge in [-0.25, -0.2) is 0 Å². The lowest BCUT2D eigenvalue weighted by Crippen LogP contribution is -2.30. The zero-order valence-corrected chi connectivity index (χ0v) is 44.7. The highest BCUT2D eigenvalue weighted by Crippen LogP contribution is 2.17. The lowest BCUT2D eigenvalue weighted by Gasteiger charge is -2.18. The Labute approximate surface area is 416 Å². The first-order valence-corrected chi connectivity index (χ1v) is 29.1. The van der Waals surface area contributed by atoms with Crippen molar-refractivity contribution < 1.29 is 28.6 Å². The van der Waals surface area contributed by atoms with E-state index >= 15 is 0 Å². The molecule has 1 unspecified atom stereocenters. The number of esters is 3. The summed E-state index contributed by atoms with van der Waals surface area (Å²) in [5.41, 5.74) is 0. The number of hydrogen-bond acceptors (Lipinski definition) is 6. The van der Waals surface area contributed by atoms with E-state index < -0.39 is 6.10 Å². The monoisotopic (exact) mass is 939 g/mol. The average Bonchev–Trinajstić information content (AvgIpc) is 3.33. The molecule has 0 aromatic heterocycles. The molecule has 0 spiro atoms. The molecule has 0 fully saturated rings. The fourth-order valence-corrected chi connectivity index (χ4v) is 8.49. The number of carbonyl (C=O) groups excluding carboxylic acids is 3. The summed E-state index contributed by atoms with van der Waals surface area (Å²) in [7, 11) is 0. The quantitative estimate of drug-likeness (QED) is 0.0262. The van der Waals surface area contributed by atoms with Crippen LogP contribution >= 0.6 is 0 Å². The van der Waals surface area contributed by atoms with Gasteiger partial charge in [0.15, 0.2) is 6.10 Å². The van der Waals surface area contributed by atoms with E-state index in [2.05, 4.69) is 69.4 Å². The van der Waals surface area contributed by atoms with Gasteiger partial charge in [0.2, 0.25) is 0 Å². The largest absolute Gasteiger partial charge is 0.462 e. The normalized spacial score (nSPS) is 12.3. The summed E-state index contributed by atoms with van der Waals surface area (Å²) in [5, 5.41) is 0. The molecule has 0 radical (unpaired) electrons. The Morgan fingerprint density at radius 2 is 0.582 bits per heavy atom. The molecule has 6 heteroatoms. The van der Waals surface area contributed by atoms with Crippen molar-refractivity contribution in [3.8, 4) is 0 Å². The van der Waals surface area contributed by atoms with Gasteiger partial charge >= 0.3 is 17.9 Å². The summed E-state index contributed by atoms with van der Waals surface area (Å²) in [6.45, 7) is 6.51. The standard InChI is InChI=1S/C61H110O6/c1-4-7-10-13-16-18-20-22-23-24-25-26-27-28-29-30-31-32-33-34-35-36-37-39-40-42-45-48-51-54-60(63)66-57-58(56-65-59(62)53-50-47-44-15-12-9-6-3)67-61(64)55-52-49-46-43-41-38-21-19-17-14-11-8-5-2/h7,10,16,18,22-23,25-26,58H,4-6,8-9,11-15,17,19-21,24,27-57H2,1-3H3/b10-7-,18-16-,23-22-,26-25-. The molecule has 0 N–H and O–H groups in total. The van der Waals surface area contributed by atoms with Crippen LogP contribution in [0, 0.1) is 0 Å². The van der Waals surface area contributed by atoms with Crippen molar-refractivity contribution in [3.63, 3.8) is 0 Å². The van der Waals surface area contributed by atoms with Gasteiger partial charge in [-0.1, -0.05) is 275 Å². The number of carbonyl (C=O) groups is 3. The Balaban J connectivity index is 4.02. The third-order valence-electron chi connectivity index (χ3n) is 12.8. The van der Waals surface area contributed by atoms with Crippen LogP contribution in [-0.2, 0) is 28.6 Å². The molecule has 67 heavy (non-hydrogen) atoms. The summed E-state index contributed by atoms with van der Waals surface area (Å²) in [6, 6.07) is 0. The zero-order valence-electron chi connectivity index (χ0n) is 44.7. The lowest BCUT2D eigenvalue weighted by atomic mass is 10.0. The minimum Gasteiger partial charge on any atom is -0.462 e. The summed E-state index contributed by atoms with van der Waals surface area (Å²) in [5.74, 6) is -0.860. The van der Waals surface area contributed by atoms with Crippen LogP contribution < -0.4 is 0 Å². The van der Waals surface area contributed by atoms with E-state index in [9.17, 15) is 14.4 Å². The van der Waals surface area contributed by atoms with Gasteiger partial charge in [0.05, 0.1) is 0 Å². The summed E-state index contributed by atoms with van der Waals surface area (Å²) in [4.78, 5) is 37.9. The molecule has 390 valence electrons. The third kappa shape index (κ3) is 54.2. The molecule has 0 aromatic carbocycles. The van der Waals surface area contributed by atoms with E-state index in [1.807, 2.05) is 0 Å². The molecule has 1 atom stereocenters. The molecule has 0 aliphatic rings. The van der Waals surface area contributed by atoms with Crippen molar-refractivity contribution in [2.24, 2.45) is 0 Å². The topological polar surface area (TPSA) is 78.9 Å². The fourth-order valence-electron chi connectivity index (χ4n) is 8.49. The predicted molar refractivity (Wildman–Crippen MR) is 289 cm³/mol. The maximum atomic E-state index is 12.8. The second-order valence-electron chi connectivity index (χ2n) is 19.5. The van der Waals surface area contributed by atoms with Crippen LogP contribution in [0.1, 0.15) is 303 Å². The van der Waals surface area contributed by atoms with E-state index in [1.165, 1.54) is 180 Å². The van der Waals surface area contributed by atoms with Gasteiger partial charge in [0.25, 0.3) is 0 Å². The molecule has 0 saturated carbocycles. The first kappa shape index (κ1) is 64.4. The lowest BCUT2D eigenvalue weighted by molar-refractivity contribution is -0.167. The fraction of sp³-hybridized carbons (Fsp3) is 0.820. The van der Waals surface area contributed by atoms with Gasteiger partial charge in [0.1, 0.15) is 13.2 Å². The molecule has 0 heterocycles. The molecule has 0 rings (SSSR count). The van der Waals surface area contributed by atoms with Crippen LogP contribution in [0.2, 0.25) is 0 Å². The maximum absolute atomic E-state index is 12.8. The van der Waals surface area contributed by atoms with Crippen molar-refractivity contribution in [2.45, 2.75) is 309 Å². The van der Waals surface area contributed by atoms with Gasteiger partial charge in [-0.3, -0.25) is 14.4 Å². The number of allylic oxidation sites excluding steroid dienone is 8. The van der Waals surface area contributed by atoms with Gasteiger partial charge in [-0.15, -0.1) is 0 Å². The molecular weight excluding hydrogens is 829 g/mol. The number of rotatable bonds is 53. The second-order valence-corrected chi connectivity index (χ2v) is 19.5. The summed E-state index contributed by atoms with van der Waals surface area (Å²) >= 11 is 0. The Kier molecular flexibility index (Phi) is 53.8. The van der Waals surface area contributed by atoms with Crippen LogP contribution in [0.25, 0.3) is 0 Å². The second kappa shape index (κ2) is 56.0. The van der Waals surface area contributed by atoms with Crippen LogP contribution in [0.3, 0.4) is 0 Å². The first-order valence-electron chi connectivity index (χ1n) is 29.1. The molecule has 0 amide bonds. The van der Waals surface area contributed by atoms with Gasteiger partial charge in [-0.2, -0.15) is 0 Å². The summed E-state index contributed by atoms with van der Waals surface area (Å²) < 4.78 is 16.8. The molecule has 0 bridgehead atoms. The van der Waals surface area contributed by atoms with Crippen molar-refractivity contribution in [1.29, 1.82) is 0 Å². The smallest absolute Gasteiger partial charge is 0.306 e. The van der Waals surface area contributed by atoms with Gasteiger partial charge in [-0.05, 0) is 57.8 Å². The van der Waals surface area contributed by atoms with Crippen molar-refractivity contribution in [2.75, 3.05) is 13.2 Å². The van der Waals surface area contributed by atoms with E-state index in [0.29, 0.717) is 19.3 Å². The highest BCUT2D eigenvalue weighted by molar-refractivity contribution is 5.71. The highest BCUT2D eigenvalue weighted by atomic mass is 16.6. The Bertz CT molecular complexity index is 1170. The Morgan fingerprint density at radius 1 is 0.313 bits per heavy atom. The van der Waals surface area contributed by atoms with E-state index in [1.54, 1.807) is 0 Å². The van der Waals surface area contributed by atoms with Gasteiger partial charge < -0.3 is 14.2 Å². The highest BCUT2D eigenvalue weighted by Gasteiger charge is 2.19.